The van der Waals surface area contributed by atoms with Gasteiger partial charge in [0.1, 0.15) is 0 Å². The molecule has 2 atom stereocenters. The van der Waals surface area contributed by atoms with E-state index < -0.39 is 0 Å². The third-order valence-electron chi connectivity index (χ3n) is 3.74. The highest BCUT2D eigenvalue weighted by Crippen LogP contribution is 2.39. The van der Waals surface area contributed by atoms with E-state index in [1.807, 2.05) is 12.1 Å². The lowest BCUT2D eigenvalue weighted by atomic mass is 9.70. The van der Waals surface area contributed by atoms with Crippen molar-refractivity contribution in [3.63, 3.8) is 0 Å². The average molecular weight is 224 g/mol. The second kappa shape index (κ2) is 4.15. The van der Waals surface area contributed by atoms with Crippen LogP contribution in [0, 0.1) is 5.92 Å². The molecule has 0 heterocycles. The lowest BCUT2D eigenvalue weighted by Crippen LogP contribution is -2.45. The summed E-state index contributed by atoms with van der Waals surface area (Å²) >= 11 is 5.89. The Kier molecular flexibility index (Phi) is 3.03. The summed E-state index contributed by atoms with van der Waals surface area (Å²) in [6.45, 7) is 2.26. The molecule has 1 aromatic rings. The summed E-state index contributed by atoms with van der Waals surface area (Å²) in [5.41, 5.74) is 7.63. The van der Waals surface area contributed by atoms with Gasteiger partial charge in [0.2, 0.25) is 0 Å². The zero-order valence-corrected chi connectivity index (χ0v) is 9.93. The lowest BCUT2D eigenvalue weighted by molar-refractivity contribution is 0.207. The second-order valence-corrected chi connectivity index (χ2v) is 5.13. The van der Waals surface area contributed by atoms with E-state index in [1.165, 1.54) is 24.8 Å². The van der Waals surface area contributed by atoms with Crippen LogP contribution in [0.2, 0.25) is 5.02 Å². The number of hydrogen-bond donors (Lipinski definition) is 1. The van der Waals surface area contributed by atoms with Crippen LogP contribution >= 0.6 is 11.6 Å². The van der Waals surface area contributed by atoms with Crippen molar-refractivity contribution in [2.45, 2.75) is 38.1 Å². The standard InChI is InChI=1S/C13H18ClN/c1-10-4-2-3-9-13(10,15)11-5-7-12(14)8-6-11/h5-8,10H,2-4,9,15H2,1H3. The minimum absolute atomic E-state index is 0.136. The van der Waals surface area contributed by atoms with Gasteiger partial charge < -0.3 is 5.73 Å². The van der Waals surface area contributed by atoms with Crippen molar-refractivity contribution in [2.75, 3.05) is 0 Å². The van der Waals surface area contributed by atoms with Crippen LogP contribution in [-0.2, 0) is 5.54 Å². The summed E-state index contributed by atoms with van der Waals surface area (Å²) < 4.78 is 0. The first kappa shape index (κ1) is 11.0. The fourth-order valence-corrected chi connectivity index (χ4v) is 2.69. The predicted molar refractivity (Wildman–Crippen MR) is 64.9 cm³/mol. The van der Waals surface area contributed by atoms with E-state index in [9.17, 15) is 0 Å². The van der Waals surface area contributed by atoms with Crippen LogP contribution in [0.1, 0.15) is 38.2 Å². The molecule has 1 nitrogen and oxygen atoms in total. The Bertz CT molecular complexity index is 333. The van der Waals surface area contributed by atoms with Gasteiger partial charge in [0.05, 0.1) is 0 Å². The van der Waals surface area contributed by atoms with Gasteiger partial charge in [-0.15, -0.1) is 0 Å². The first-order valence-electron chi connectivity index (χ1n) is 5.68. The number of benzene rings is 1. The van der Waals surface area contributed by atoms with Crippen molar-refractivity contribution < 1.29 is 0 Å². The van der Waals surface area contributed by atoms with Crippen molar-refractivity contribution in [2.24, 2.45) is 11.7 Å². The van der Waals surface area contributed by atoms with Gasteiger partial charge in [-0.3, -0.25) is 0 Å². The molecule has 1 aromatic carbocycles. The van der Waals surface area contributed by atoms with Crippen LogP contribution in [0.15, 0.2) is 24.3 Å². The normalized spacial score (nSPS) is 31.5. The monoisotopic (exact) mass is 223 g/mol. The summed E-state index contributed by atoms with van der Waals surface area (Å²) in [6.07, 6.45) is 4.88. The van der Waals surface area contributed by atoms with E-state index in [4.69, 9.17) is 17.3 Å². The Morgan fingerprint density at radius 2 is 1.93 bits per heavy atom. The Morgan fingerprint density at radius 1 is 1.27 bits per heavy atom. The van der Waals surface area contributed by atoms with Crippen LogP contribution in [0.3, 0.4) is 0 Å². The molecule has 0 aromatic heterocycles. The largest absolute Gasteiger partial charge is 0.321 e. The second-order valence-electron chi connectivity index (χ2n) is 4.69. The Labute approximate surface area is 96.6 Å². The predicted octanol–water partition coefficient (Wildman–Crippen LogP) is 3.70. The van der Waals surface area contributed by atoms with E-state index in [0.29, 0.717) is 5.92 Å². The number of hydrogen-bond acceptors (Lipinski definition) is 1. The molecular weight excluding hydrogens is 206 g/mol. The Morgan fingerprint density at radius 3 is 2.53 bits per heavy atom. The van der Waals surface area contributed by atoms with Crippen molar-refractivity contribution in [1.82, 2.24) is 0 Å². The lowest BCUT2D eigenvalue weighted by Gasteiger charge is -2.40. The number of rotatable bonds is 1. The van der Waals surface area contributed by atoms with Gasteiger partial charge in [0, 0.05) is 10.6 Å². The third-order valence-corrected chi connectivity index (χ3v) is 3.99. The molecule has 2 N–H and O–H groups in total. The van der Waals surface area contributed by atoms with Gasteiger partial charge in [-0.25, -0.2) is 0 Å². The van der Waals surface area contributed by atoms with Gasteiger partial charge in [0.25, 0.3) is 0 Å². The zero-order valence-electron chi connectivity index (χ0n) is 9.17. The molecule has 0 bridgehead atoms. The van der Waals surface area contributed by atoms with Crippen LogP contribution in [-0.4, -0.2) is 0 Å². The maximum atomic E-state index is 6.53. The fourth-order valence-electron chi connectivity index (χ4n) is 2.56. The van der Waals surface area contributed by atoms with Gasteiger partial charge in [0.15, 0.2) is 0 Å². The highest BCUT2D eigenvalue weighted by molar-refractivity contribution is 6.30. The number of halogens is 1. The van der Waals surface area contributed by atoms with E-state index in [2.05, 4.69) is 19.1 Å². The molecule has 0 radical (unpaired) electrons. The van der Waals surface area contributed by atoms with Crippen molar-refractivity contribution in [1.29, 1.82) is 0 Å². The molecule has 2 rings (SSSR count). The average Bonchev–Trinajstić information content (AvgIpc) is 2.23. The highest BCUT2D eigenvalue weighted by atomic mass is 35.5. The maximum Gasteiger partial charge on any atom is 0.0435 e. The minimum atomic E-state index is -0.136. The molecule has 1 fully saturated rings. The van der Waals surface area contributed by atoms with Crippen LogP contribution in [0.4, 0.5) is 0 Å². The molecule has 2 heteroatoms. The first-order valence-corrected chi connectivity index (χ1v) is 6.05. The topological polar surface area (TPSA) is 26.0 Å². The number of nitrogens with two attached hydrogens (primary N) is 1. The molecule has 1 aliphatic rings. The third kappa shape index (κ3) is 2.04. The minimum Gasteiger partial charge on any atom is -0.321 e. The SMILES string of the molecule is CC1CCCCC1(N)c1ccc(Cl)cc1. The summed E-state index contributed by atoms with van der Waals surface area (Å²) in [6, 6.07) is 8.02. The van der Waals surface area contributed by atoms with Crippen molar-refractivity contribution in [3.8, 4) is 0 Å². The van der Waals surface area contributed by atoms with E-state index in [-0.39, 0.29) is 5.54 Å². The van der Waals surface area contributed by atoms with Gasteiger partial charge in [-0.2, -0.15) is 0 Å². The first-order chi connectivity index (χ1) is 7.13. The fraction of sp³-hybridized carbons (Fsp3) is 0.538. The van der Waals surface area contributed by atoms with Crippen molar-refractivity contribution >= 4 is 11.6 Å². The van der Waals surface area contributed by atoms with Crippen LogP contribution in [0.25, 0.3) is 0 Å². The summed E-state index contributed by atoms with van der Waals surface area (Å²) in [5.74, 6) is 0.562. The molecule has 15 heavy (non-hydrogen) atoms. The quantitative estimate of drug-likeness (QED) is 0.772. The van der Waals surface area contributed by atoms with E-state index in [1.54, 1.807) is 0 Å². The molecule has 0 spiro atoms. The Hall–Kier alpha value is -0.530. The van der Waals surface area contributed by atoms with Gasteiger partial charge >= 0.3 is 0 Å². The molecule has 0 amide bonds. The smallest absolute Gasteiger partial charge is 0.0435 e. The molecular formula is C13H18ClN. The summed E-state index contributed by atoms with van der Waals surface area (Å²) in [5, 5.41) is 0.783. The summed E-state index contributed by atoms with van der Waals surface area (Å²) in [4.78, 5) is 0. The molecule has 82 valence electrons. The summed E-state index contributed by atoms with van der Waals surface area (Å²) in [7, 11) is 0. The Balaban J connectivity index is 2.30. The zero-order chi connectivity index (χ0) is 10.9. The highest BCUT2D eigenvalue weighted by Gasteiger charge is 2.35. The van der Waals surface area contributed by atoms with Crippen molar-refractivity contribution in [3.05, 3.63) is 34.9 Å². The molecule has 1 aliphatic carbocycles. The van der Waals surface area contributed by atoms with Crippen LogP contribution in [0.5, 0.6) is 0 Å². The molecule has 0 saturated heterocycles. The molecule has 1 saturated carbocycles. The van der Waals surface area contributed by atoms with Gasteiger partial charge in [-0.1, -0.05) is 43.5 Å². The van der Waals surface area contributed by atoms with Crippen LogP contribution < -0.4 is 5.73 Å². The van der Waals surface area contributed by atoms with Gasteiger partial charge in [-0.05, 0) is 36.5 Å². The van der Waals surface area contributed by atoms with E-state index >= 15 is 0 Å². The molecule has 2 unspecified atom stereocenters. The molecule has 0 aliphatic heterocycles. The maximum absolute atomic E-state index is 6.53. The van der Waals surface area contributed by atoms with E-state index in [0.717, 1.165) is 11.4 Å².